The topological polar surface area (TPSA) is 17.1 Å². The summed E-state index contributed by atoms with van der Waals surface area (Å²) in [7, 11) is 0. The van der Waals surface area contributed by atoms with Crippen LogP contribution in [0.25, 0.3) is 5.57 Å². The molecule has 1 aromatic carbocycles. The van der Waals surface area contributed by atoms with Gasteiger partial charge in [0.2, 0.25) is 0 Å². The largest absolute Gasteiger partial charge is 0.299 e. The van der Waals surface area contributed by atoms with Gasteiger partial charge in [-0.3, -0.25) is 4.79 Å². The normalized spacial score (nSPS) is 15.9. The molecule has 1 aliphatic carbocycles. The van der Waals surface area contributed by atoms with Crippen LogP contribution in [0.1, 0.15) is 44.6 Å². The maximum Gasteiger partial charge on any atom is 0.137 e. The molecule has 1 aliphatic rings. The fourth-order valence-corrected chi connectivity index (χ4v) is 2.44. The molecular formula is C17H20O. The minimum absolute atomic E-state index is 0.368. The highest BCUT2D eigenvalue weighted by Crippen LogP contribution is 2.33. The van der Waals surface area contributed by atoms with Crippen LogP contribution in [0.2, 0.25) is 0 Å². The van der Waals surface area contributed by atoms with E-state index in [0.717, 1.165) is 19.3 Å². The van der Waals surface area contributed by atoms with Crippen LogP contribution in [0.3, 0.4) is 0 Å². The summed E-state index contributed by atoms with van der Waals surface area (Å²) in [5, 5.41) is 0. The molecule has 18 heavy (non-hydrogen) atoms. The van der Waals surface area contributed by atoms with Gasteiger partial charge in [0.15, 0.2) is 0 Å². The number of carbonyl (C=O) groups is 1. The van der Waals surface area contributed by atoms with Crippen molar-refractivity contribution in [1.29, 1.82) is 0 Å². The summed E-state index contributed by atoms with van der Waals surface area (Å²) in [6.45, 7) is 6.03. The van der Waals surface area contributed by atoms with E-state index in [2.05, 4.69) is 25.6 Å². The molecule has 94 valence electrons. The summed E-state index contributed by atoms with van der Waals surface area (Å²) in [5.41, 5.74) is 5.13. The first-order valence-corrected chi connectivity index (χ1v) is 6.59. The minimum atomic E-state index is 0.368. The van der Waals surface area contributed by atoms with Crippen molar-refractivity contribution in [2.45, 2.75) is 39.0 Å². The Kier molecular flexibility index (Phi) is 4.14. The maximum atomic E-state index is 11.7. The van der Waals surface area contributed by atoms with E-state index in [1.165, 1.54) is 22.3 Å². The van der Waals surface area contributed by atoms with Gasteiger partial charge in [-0.15, -0.1) is 6.58 Å². The molecule has 0 spiro atoms. The highest BCUT2D eigenvalue weighted by Gasteiger charge is 2.19. The van der Waals surface area contributed by atoms with Crippen LogP contribution in [-0.2, 0) is 4.79 Å². The first-order chi connectivity index (χ1) is 8.66. The van der Waals surface area contributed by atoms with Crippen LogP contribution >= 0.6 is 0 Å². The molecule has 0 aliphatic heterocycles. The zero-order valence-corrected chi connectivity index (χ0v) is 11.0. The number of Topliss-reactive ketones (excluding diaryl/α,β-unsaturated/α-hetero) is 1. The van der Waals surface area contributed by atoms with Crippen LogP contribution in [0.4, 0.5) is 0 Å². The fraction of sp³-hybridized carbons (Fsp3) is 0.353. The van der Waals surface area contributed by atoms with Gasteiger partial charge in [-0.2, -0.15) is 0 Å². The number of hydrogen-bond acceptors (Lipinski definition) is 1. The van der Waals surface area contributed by atoms with Gasteiger partial charge in [0.25, 0.3) is 0 Å². The van der Waals surface area contributed by atoms with Crippen LogP contribution in [0.15, 0.2) is 48.1 Å². The maximum absolute atomic E-state index is 11.7. The van der Waals surface area contributed by atoms with E-state index in [-0.39, 0.29) is 0 Å². The van der Waals surface area contributed by atoms with Gasteiger partial charge in [0.05, 0.1) is 0 Å². The molecule has 0 radical (unpaired) electrons. The van der Waals surface area contributed by atoms with E-state index in [4.69, 9.17) is 0 Å². The molecule has 0 heterocycles. The molecule has 0 amide bonds. The Balaban J connectivity index is 2.28. The molecule has 0 saturated carbocycles. The molecule has 0 fully saturated rings. The average molecular weight is 240 g/mol. The molecule has 0 aromatic heterocycles. The highest BCUT2D eigenvalue weighted by atomic mass is 16.1. The Labute approximate surface area is 109 Å². The zero-order valence-electron chi connectivity index (χ0n) is 11.0. The molecule has 0 N–H and O–H groups in total. The third kappa shape index (κ3) is 3.19. The van der Waals surface area contributed by atoms with E-state index in [0.29, 0.717) is 18.6 Å². The Hall–Kier alpha value is -1.63. The number of rotatable bonds is 4. The van der Waals surface area contributed by atoms with Crippen molar-refractivity contribution in [3.8, 4) is 0 Å². The minimum Gasteiger partial charge on any atom is -0.299 e. The first-order valence-electron chi connectivity index (χ1n) is 6.59. The predicted molar refractivity (Wildman–Crippen MR) is 76.3 cm³/mol. The van der Waals surface area contributed by atoms with Crippen LogP contribution in [0.5, 0.6) is 0 Å². The van der Waals surface area contributed by atoms with Crippen molar-refractivity contribution in [3.63, 3.8) is 0 Å². The molecule has 0 atom stereocenters. The smallest absolute Gasteiger partial charge is 0.137 e. The third-order valence-electron chi connectivity index (χ3n) is 3.48. The van der Waals surface area contributed by atoms with E-state index < -0.39 is 0 Å². The lowest BCUT2D eigenvalue weighted by Crippen LogP contribution is -2.09. The van der Waals surface area contributed by atoms with Crippen molar-refractivity contribution >= 4 is 11.4 Å². The number of carbonyl (C=O) groups excluding carboxylic acids is 1. The summed E-state index contributed by atoms with van der Waals surface area (Å²) in [6.07, 6.45) is 4.32. The lowest BCUT2D eigenvalue weighted by Gasteiger charge is -2.20. The van der Waals surface area contributed by atoms with E-state index in [9.17, 15) is 4.79 Å². The summed E-state index contributed by atoms with van der Waals surface area (Å²) in [4.78, 5) is 11.7. The molecule has 0 bridgehead atoms. The second-order valence-electron chi connectivity index (χ2n) is 5.12. The summed E-state index contributed by atoms with van der Waals surface area (Å²) < 4.78 is 0. The molecule has 2 rings (SSSR count). The lowest BCUT2D eigenvalue weighted by atomic mass is 9.84. The van der Waals surface area contributed by atoms with Crippen LogP contribution in [0, 0.1) is 0 Å². The summed E-state index contributed by atoms with van der Waals surface area (Å²) in [5.74, 6) is 0.368. The standard InChI is InChI=1S/C17H20O/c1-13(2)8-9-15-10-11-16(18)12-17(15)14-6-4-3-5-7-14/h3-7H,1,8-12H2,2H3. The predicted octanol–water partition coefficient (Wildman–Crippen LogP) is 4.55. The Bertz CT molecular complexity index is 480. The number of hydrogen-bond donors (Lipinski definition) is 0. The second-order valence-corrected chi connectivity index (χ2v) is 5.12. The van der Waals surface area contributed by atoms with Gasteiger partial charge in [-0.05, 0) is 37.3 Å². The summed E-state index contributed by atoms with van der Waals surface area (Å²) in [6, 6.07) is 10.3. The van der Waals surface area contributed by atoms with Crippen molar-refractivity contribution in [1.82, 2.24) is 0 Å². The molecule has 0 saturated heterocycles. The van der Waals surface area contributed by atoms with Crippen molar-refractivity contribution in [2.24, 2.45) is 0 Å². The van der Waals surface area contributed by atoms with Gasteiger partial charge in [-0.1, -0.05) is 41.5 Å². The van der Waals surface area contributed by atoms with Crippen LogP contribution < -0.4 is 0 Å². The zero-order chi connectivity index (χ0) is 13.0. The van der Waals surface area contributed by atoms with Gasteiger partial charge in [0, 0.05) is 12.8 Å². The third-order valence-corrected chi connectivity index (χ3v) is 3.48. The Morgan fingerprint density at radius 1 is 1.22 bits per heavy atom. The monoisotopic (exact) mass is 240 g/mol. The van der Waals surface area contributed by atoms with Crippen LogP contribution in [-0.4, -0.2) is 5.78 Å². The van der Waals surface area contributed by atoms with Crippen molar-refractivity contribution in [3.05, 3.63) is 53.6 Å². The first kappa shape index (κ1) is 12.8. The molecular weight excluding hydrogens is 220 g/mol. The van der Waals surface area contributed by atoms with Gasteiger partial charge in [0.1, 0.15) is 5.78 Å². The average Bonchev–Trinajstić information content (AvgIpc) is 2.38. The lowest BCUT2D eigenvalue weighted by molar-refractivity contribution is -0.118. The van der Waals surface area contributed by atoms with Gasteiger partial charge < -0.3 is 0 Å². The van der Waals surface area contributed by atoms with Crippen molar-refractivity contribution < 1.29 is 4.79 Å². The fourth-order valence-electron chi connectivity index (χ4n) is 2.44. The molecule has 0 unspecified atom stereocenters. The quantitative estimate of drug-likeness (QED) is 0.706. The molecule has 1 nitrogen and oxygen atoms in total. The van der Waals surface area contributed by atoms with Gasteiger partial charge >= 0.3 is 0 Å². The number of allylic oxidation sites excluding steroid dienone is 3. The Morgan fingerprint density at radius 3 is 2.61 bits per heavy atom. The van der Waals surface area contributed by atoms with Crippen molar-refractivity contribution in [2.75, 3.05) is 0 Å². The number of ketones is 1. The highest BCUT2D eigenvalue weighted by molar-refractivity contribution is 5.93. The Morgan fingerprint density at radius 2 is 1.94 bits per heavy atom. The van der Waals surface area contributed by atoms with Gasteiger partial charge in [-0.25, -0.2) is 0 Å². The molecule has 1 heteroatoms. The van der Waals surface area contributed by atoms with E-state index >= 15 is 0 Å². The van der Waals surface area contributed by atoms with E-state index in [1.807, 2.05) is 18.2 Å². The van der Waals surface area contributed by atoms with E-state index in [1.54, 1.807) is 0 Å². The number of benzene rings is 1. The molecule has 1 aromatic rings. The second kappa shape index (κ2) is 5.81. The summed E-state index contributed by atoms with van der Waals surface area (Å²) >= 11 is 0. The SMILES string of the molecule is C=C(C)CCC1=C(c2ccccc2)CC(=O)CC1.